The van der Waals surface area contributed by atoms with Gasteiger partial charge in [0.15, 0.2) is 0 Å². The number of amides is 1. The lowest BCUT2D eigenvalue weighted by Gasteiger charge is -2.23. The number of carbonyl (C=O) groups excluding carboxylic acids is 2. The third-order valence-corrected chi connectivity index (χ3v) is 6.34. The van der Waals surface area contributed by atoms with Gasteiger partial charge in [0, 0.05) is 6.42 Å². The van der Waals surface area contributed by atoms with Gasteiger partial charge in [-0.25, -0.2) is 9.59 Å². The van der Waals surface area contributed by atoms with Crippen LogP contribution in [0.3, 0.4) is 0 Å². The van der Waals surface area contributed by atoms with Gasteiger partial charge in [0.1, 0.15) is 28.9 Å². The Balaban J connectivity index is 1.70. The van der Waals surface area contributed by atoms with Crippen molar-refractivity contribution in [1.29, 1.82) is 0 Å². The van der Waals surface area contributed by atoms with E-state index in [4.69, 9.17) is 13.7 Å². The zero-order chi connectivity index (χ0) is 27.1. The number of carbonyl (C=O) groups is 2. The van der Waals surface area contributed by atoms with Gasteiger partial charge in [-0.3, -0.25) is 0 Å². The number of hydrogen-bond acceptors (Lipinski definition) is 7. The van der Waals surface area contributed by atoms with E-state index in [9.17, 15) is 18.0 Å². The van der Waals surface area contributed by atoms with E-state index in [1.807, 2.05) is 37.3 Å². The van der Waals surface area contributed by atoms with Crippen molar-refractivity contribution in [3.05, 3.63) is 95.6 Å². The van der Waals surface area contributed by atoms with Gasteiger partial charge in [-0.1, -0.05) is 60.2 Å². The van der Waals surface area contributed by atoms with Gasteiger partial charge in [0.05, 0.1) is 0 Å². The van der Waals surface area contributed by atoms with Crippen molar-refractivity contribution in [3.63, 3.8) is 0 Å². The average molecular weight is 526 g/mol. The second kappa shape index (κ2) is 11.9. The molecule has 196 valence electrons. The van der Waals surface area contributed by atoms with E-state index in [0.717, 1.165) is 11.1 Å². The Bertz CT molecular complexity index is 1300. The minimum Gasteiger partial charge on any atom is -0.459 e. The molecule has 0 aromatic heterocycles. The summed E-state index contributed by atoms with van der Waals surface area (Å²) in [7, 11) is -3.99. The fourth-order valence-electron chi connectivity index (χ4n) is 3.27. The molecule has 37 heavy (non-hydrogen) atoms. The molecule has 0 bridgehead atoms. The van der Waals surface area contributed by atoms with Crippen LogP contribution < -0.4 is 9.50 Å². The van der Waals surface area contributed by atoms with Gasteiger partial charge in [0.25, 0.3) is 0 Å². The highest BCUT2D eigenvalue weighted by atomic mass is 32.2. The molecular weight excluding hydrogens is 494 g/mol. The Labute approximate surface area is 217 Å². The SMILES string of the molecule is Cc1ccc(S(=O)(=O)Oc2ccc(C[C@H](NC(=O)OC(C)(C)C)C(=O)OCc3ccccc3)cc2)cc1. The molecule has 0 spiro atoms. The summed E-state index contributed by atoms with van der Waals surface area (Å²) in [5.41, 5.74) is 1.64. The third-order valence-electron chi connectivity index (χ3n) is 5.08. The molecule has 3 rings (SSSR count). The van der Waals surface area contributed by atoms with E-state index >= 15 is 0 Å². The van der Waals surface area contributed by atoms with Gasteiger partial charge in [-0.2, -0.15) is 8.42 Å². The third kappa shape index (κ3) is 8.95. The molecule has 0 saturated carbocycles. The highest BCUT2D eigenvalue weighted by molar-refractivity contribution is 7.87. The maximum absolute atomic E-state index is 12.9. The van der Waals surface area contributed by atoms with Crippen molar-refractivity contribution in [2.75, 3.05) is 0 Å². The van der Waals surface area contributed by atoms with E-state index in [2.05, 4.69) is 5.32 Å². The summed E-state index contributed by atoms with van der Waals surface area (Å²) in [6.07, 6.45) is -0.656. The smallest absolute Gasteiger partial charge is 0.408 e. The van der Waals surface area contributed by atoms with Crippen LogP contribution in [0.15, 0.2) is 83.8 Å². The maximum Gasteiger partial charge on any atom is 0.408 e. The first-order chi connectivity index (χ1) is 17.4. The Kier molecular flexibility index (Phi) is 8.94. The number of nitrogens with one attached hydrogen (secondary N) is 1. The summed E-state index contributed by atoms with van der Waals surface area (Å²) in [5, 5.41) is 2.57. The van der Waals surface area contributed by atoms with Crippen molar-refractivity contribution >= 4 is 22.2 Å². The molecule has 0 aliphatic heterocycles. The first-order valence-electron chi connectivity index (χ1n) is 11.7. The van der Waals surface area contributed by atoms with Gasteiger partial charge in [-0.15, -0.1) is 0 Å². The van der Waals surface area contributed by atoms with Crippen LogP contribution in [0.2, 0.25) is 0 Å². The van der Waals surface area contributed by atoms with E-state index in [-0.39, 0.29) is 23.7 Å². The first kappa shape index (κ1) is 27.7. The molecule has 1 atom stereocenters. The van der Waals surface area contributed by atoms with E-state index < -0.39 is 33.8 Å². The van der Waals surface area contributed by atoms with E-state index in [1.54, 1.807) is 45.0 Å². The Hall–Kier alpha value is -3.85. The predicted octanol–water partition coefficient (Wildman–Crippen LogP) is 4.94. The number of esters is 1. The predicted molar refractivity (Wildman–Crippen MR) is 139 cm³/mol. The minimum absolute atomic E-state index is 0.0463. The van der Waals surface area contributed by atoms with E-state index in [1.165, 1.54) is 24.3 Å². The Morgan fingerprint density at radius 1 is 0.865 bits per heavy atom. The van der Waals surface area contributed by atoms with Crippen molar-refractivity contribution in [2.24, 2.45) is 0 Å². The number of benzene rings is 3. The summed E-state index contributed by atoms with van der Waals surface area (Å²) < 4.78 is 41.0. The van der Waals surface area contributed by atoms with Gasteiger partial charge in [-0.05, 0) is 63.1 Å². The highest BCUT2D eigenvalue weighted by Gasteiger charge is 2.26. The number of rotatable bonds is 9. The first-order valence-corrected chi connectivity index (χ1v) is 13.1. The lowest BCUT2D eigenvalue weighted by molar-refractivity contribution is -0.147. The van der Waals surface area contributed by atoms with Gasteiger partial charge in [0.2, 0.25) is 0 Å². The number of alkyl carbamates (subject to hydrolysis) is 1. The zero-order valence-corrected chi connectivity index (χ0v) is 22.1. The maximum atomic E-state index is 12.9. The molecule has 1 amide bonds. The molecule has 0 heterocycles. The number of ether oxygens (including phenoxy) is 2. The summed E-state index contributed by atoms with van der Waals surface area (Å²) in [5.74, 6) is -0.510. The van der Waals surface area contributed by atoms with Crippen molar-refractivity contribution in [3.8, 4) is 5.75 Å². The molecule has 3 aromatic carbocycles. The van der Waals surface area contributed by atoms with Crippen LogP contribution in [0.4, 0.5) is 4.79 Å². The van der Waals surface area contributed by atoms with Crippen LogP contribution in [-0.2, 0) is 37.4 Å². The van der Waals surface area contributed by atoms with Crippen LogP contribution in [0.1, 0.15) is 37.5 Å². The van der Waals surface area contributed by atoms with Crippen molar-refractivity contribution < 1.29 is 31.7 Å². The molecule has 0 saturated heterocycles. The normalized spacial score (nSPS) is 12.3. The molecule has 0 aliphatic carbocycles. The average Bonchev–Trinajstić information content (AvgIpc) is 2.83. The van der Waals surface area contributed by atoms with Crippen molar-refractivity contribution in [1.82, 2.24) is 5.32 Å². The van der Waals surface area contributed by atoms with Crippen molar-refractivity contribution in [2.45, 2.75) is 57.3 Å². The number of aryl methyl sites for hydroxylation is 1. The quantitative estimate of drug-likeness (QED) is 0.311. The summed E-state index contributed by atoms with van der Waals surface area (Å²) in [6, 6.07) is 20.7. The monoisotopic (exact) mass is 525 g/mol. The Morgan fingerprint density at radius 2 is 1.49 bits per heavy atom. The molecule has 0 unspecified atom stereocenters. The fraction of sp³-hybridized carbons (Fsp3) is 0.286. The summed E-state index contributed by atoms with van der Waals surface area (Å²) >= 11 is 0. The highest BCUT2D eigenvalue weighted by Crippen LogP contribution is 2.20. The molecule has 0 aliphatic rings. The van der Waals surface area contributed by atoms with Crippen LogP contribution in [0.5, 0.6) is 5.75 Å². The van der Waals surface area contributed by atoms with Crippen LogP contribution in [-0.4, -0.2) is 32.1 Å². The standard InChI is InChI=1S/C28H31NO7S/c1-20-10-16-24(17-11-20)37(32,33)36-23-14-12-21(13-15-23)18-25(29-27(31)35-28(2,3)4)26(30)34-19-22-8-6-5-7-9-22/h5-17,25H,18-19H2,1-4H3,(H,29,31)/t25-/m0/s1. The second-order valence-corrected chi connectivity index (χ2v) is 11.0. The summed E-state index contributed by atoms with van der Waals surface area (Å²) in [6.45, 7) is 7.07. The minimum atomic E-state index is -3.99. The van der Waals surface area contributed by atoms with Gasteiger partial charge < -0.3 is 19.0 Å². The molecule has 0 radical (unpaired) electrons. The second-order valence-electron chi connectivity index (χ2n) is 9.49. The van der Waals surface area contributed by atoms with Crippen LogP contribution in [0, 0.1) is 6.92 Å². The van der Waals surface area contributed by atoms with Crippen LogP contribution in [0.25, 0.3) is 0 Å². The molecule has 8 nitrogen and oxygen atoms in total. The molecular formula is C28H31NO7S. The van der Waals surface area contributed by atoms with Crippen LogP contribution >= 0.6 is 0 Å². The van der Waals surface area contributed by atoms with E-state index in [0.29, 0.717) is 5.56 Å². The summed E-state index contributed by atoms with van der Waals surface area (Å²) in [4.78, 5) is 25.3. The fourth-order valence-corrected chi connectivity index (χ4v) is 4.20. The lowest BCUT2D eigenvalue weighted by Crippen LogP contribution is -2.45. The lowest BCUT2D eigenvalue weighted by atomic mass is 10.1. The zero-order valence-electron chi connectivity index (χ0n) is 21.3. The molecule has 3 aromatic rings. The number of hydrogen-bond donors (Lipinski definition) is 1. The Morgan fingerprint density at radius 3 is 2.08 bits per heavy atom. The molecule has 1 N–H and O–H groups in total. The van der Waals surface area contributed by atoms with Gasteiger partial charge >= 0.3 is 22.2 Å². The topological polar surface area (TPSA) is 108 Å². The molecule has 0 fully saturated rings. The molecule has 9 heteroatoms. The largest absolute Gasteiger partial charge is 0.459 e.